The summed E-state index contributed by atoms with van der Waals surface area (Å²) in [6.07, 6.45) is 0. The number of halogens is 1. The number of rotatable bonds is 1. The van der Waals surface area contributed by atoms with Crippen molar-refractivity contribution in [3.63, 3.8) is 0 Å². The number of nitrogens with two attached hydrogens (primary N) is 2. The fourth-order valence-electron chi connectivity index (χ4n) is 0.917. The van der Waals surface area contributed by atoms with E-state index in [4.69, 9.17) is 28.3 Å². The lowest BCUT2D eigenvalue weighted by atomic mass is 10.1. The Balaban J connectivity index is 0.000000583. The summed E-state index contributed by atoms with van der Waals surface area (Å²) in [6.45, 7) is 3.17. The number of amides is 1. The van der Waals surface area contributed by atoms with Gasteiger partial charge in [0.2, 0.25) is 0 Å². The van der Waals surface area contributed by atoms with Crippen LogP contribution in [0.3, 0.4) is 0 Å². The molecule has 0 bridgehead atoms. The highest BCUT2D eigenvalue weighted by atomic mass is 35.5. The number of hydrogen-bond acceptors (Lipinski definition) is 3. The number of primary amides is 1. The second-order valence-corrected chi connectivity index (χ2v) is 3.13. The highest BCUT2D eigenvalue weighted by Gasteiger charge is 2.09. The Morgan fingerprint density at radius 2 is 2.00 bits per heavy atom. The van der Waals surface area contributed by atoms with Crippen LogP contribution in [0, 0.1) is 18.3 Å². The van der Waals surface area contributed by atoms with Crippen LogP contribution in [0.15, 0.2) is 12.1 Å². The lowest BCUT2D eigenvalue weighted by molar-refractivity contribution is 0.100. The molecule has 0 aromatic heterocycles. The van der Waals surface area contributed by atoms with Crippen molar-refractivity contribution in [2.24, 2.45) is 5.73 Å². The summed E-state index contributed by atoms with van der Waals surface area (Å²) in [4.78, 5) is 10.8. The Hall–Kier alpha value is -1.73. The largest absolute Gasteiger partial charge is 0.398 e. The second-order valence-electron chi connectivity index (χ2n) is 2.72. The van der Waals surface area contributed by atoms with Crippen LogP contribution in [0.4, 0.5) is 5.69 Å². The first-order valence-electron chi connectivity index (χ1n) is 4.10. The molecular formula is C10H12ClN3O. The molecule has 1 rings (SSSR count). The molecule has 0 saturated carbocycles. The van der Waals surface area contributed by atoms with Gasteiger partial charge in [-0.25, -0.2) is 0 Å². The average Bonchev–Trinajstić information content (AvgIpc) is 2.15. The quantitative estimate of drug-likeness (QED) is 0.715. The van der Waals surface area contributed by atoms with Crippen LogP contribution >= 0.6 is 11.6 Å². The maximum Gasteiger partial charge on any atom is 0.250 e. The molecular weight excluding hydrogens is 214 g/mol. The van der Waals surface area contributed by atoms with Crippen LogP contribution in [-0.4, -0.2) is 5.91 Å². The van der Waals surface area contributed by atoms with Gasteiger partial charge in [0, 0.05) is 17.6 Å². The molecule has 0 spiro atoms. The zero-order valence-corrected chi connectivity index (χ0v) is 9.30. The van der Waals surface area contributed by atoms with E-state index in [2.05, 4.69) is 0 Å². The monoisotopic (exact) mass is 225 g/mol. The van der Waals surface area contributed by atoms with Crippen molar-refractivity contribution in [1.82, 2.24) is 0 Å². The molecule has 0 fully saturated rings. The summed E-state index contributed by atoms with van der Waals surface area (Å²) >= 11 is 5.76. The number of hydrogen-bond donors (Lipinski definition) is 2. The Kier molecular flexibility index (Phi) is 5.21. The SMILES string of the molecule is CC#N.Cc1c(Cl)ccc(C(N)=O)c1N. The fraction of sp³-hybridized carbons (Fsp3) is 0.200. The predicted octanol–water partition coefficient (Wildman–Crippen LogP) is 1.86. The molecule has 0 aliphatic heterocycles. The van der Waals surface area contributed by atoms with Gasteiger partial charge in [0.05, 0.1) is 11.6 Å². The number of carbonyl (C=O) groups is 1. The number of nitrogens with zero attached hydrogens (tertiary/aromatic N) is 1. The van der Waals surface area contributed by atoms with E-state index in [-0.39, 0.29) is 0 Å². The van der Waals surface area contributed by atoms with Crippen LogP contribution < -0.4 is 11.5 Å². The zero-order valence-electron chi connectivity index (χ0n) is 8.54. The Morgan fingerprint density at radius 1 is 1.53 bits per heavy atom. The van der Waals surface area contributed by atoms with E-state index in [1.165, 1.54) is 13.0 Å². The highest BCUT2D eigenvalue weighted by molar-refractivity contribution is 6.32. The van der Waals surface area contributed by atoms with E-state index in [9.17, 15) is 4.79 Å². The summed E-state index contributed by atoms with van der Waals surface area (Å²) in [6, 6.07) is 4.88. The molecule has 4 nitrogen and oxygen atoms in total. The summed E-state index contributed by atoms with van der Waals surface area (Å²) in [5, 5.41) is 7.86. The number of nitriles is 1. The second kappa shape index (κ2) is 5.89. The first-order chi connectivity index (χ1) is 6.95. The van der Waals surface area contributed by atoms with Gasteiger partial charge in [-0.3, -0.25) is 4.79 Å². The summed E-state index contributed by atoms with van der Waals surface area (Å²) in [5.74, 6) is -0.535. The molecule has 0 heterocycles. The molecule has 1 amide bonds. The topological polar surface area (TPSA) is 92.9 Å². The number of anilines is 1. The predicted molar refractivity (Wildman–Crippen MR) is 60.4 cm³/mol. The Bertz CT molecular complexity index is 410. The van der Waals surface area contributed by atoms with Gasteiger partial charge < -0.3 is 11.5 Å². The third-order valence-electron chi connectivity index (χ3n) is 1.71. The van der Waals surface area contributed by atoms with Crippen molar-refractivity contribution < 1.29 is 4.79 Å². The van der Waals surface area contributed by atoms with E-state index in [0.717, 1.165) is 0 Å². The van der Waals surface area contributed by atoms with Gasteiger partial charge in [-0.1, -0.05) is 11.6 Å². The maximum absolute atomic E-state index is 10.8. The van der Waals surface area contributed by atoms with Crippen LogP contribution in [0.25, 0.3) is 0 Å². The van der Waals surface area contributed by atoms with Gasteiger partial charge in [-0.2, -0.15) is 5.26 Å². The van der Waals surface area contributed by atoms with E-state index in [0.29, 0.717) is 21.8 Å². The van der Waals surface area contributed by atoms with Crippen molar-refractivity contribution in [3.8, 4) is 6.07 Å². The molecule has 1 aromatic rings. The van der Waals surface area contributed by atoms with Crippen LogP contribution in [-0.2, 0) is 0 Å². The molecule has 80 valence electrons. The molecule has 5 heteroatoms. The molecule has 0 aliphatic rings. The molecule has 0 atom stereocenters. The Labute approximate surface area is 93.4 Å². The molecule has 1 aromatic carbocycles. The van der Waals surface area contributed by atoms with Crippen LogP contribution in [0.1, 0.15) is 22.8 Å². The minimum absolute atomic E-state index is 0.317. The molecule has 15 heavy (non-hydrogen) atoms. The first kappa shape index (κ1) is 13.3. The van der Waals surface area contributed by atoms with Crippen molar-refractivity contribution in [1.29, 1.82) is 5.26 Å². The lowest BCUT2D eigenvalue weighted by Crippen LogP contribution is -2.14. The zero-order chi connectivity index (χ0) is 12.0. The number of carbonyl (C=O) groups excluding carboxylic acids is 1. The lowest BCUT2D eigenvalue weighted by Gasteiger charge is -2.05. The minimum Gasteiger partial charge on any atom is -0.398 e. The molecule has 4 N–H and O–H groups in total. The van der Waals surface area contributed by atoms with E-state index in [1.54, 1.807) is 19.1 Å². The molecule has 0 saturated heterocycles. The van der Waals surface area contributed by atoms with Crippen molar-refractivity contribution >= 4 is 23.2 Å². The third kappa shape index (κ3) is 3.49. The maximum atomic E-state index is 10.8. The minimum atomic E-state index is -0.535. The van der Waals surface area contributed by atoms with Gasteiger partial charge in [-0.15, -0.1) is 0 Å². The van der Waals surface area contributed by atoms with Crippen LogP contribution in [0.5, 0.6) is 0 Å². The molecule has 0 radical (unpaired) electrons. The normalized spacial score (nSPS) is 8.40. The van der Waals surface area contributed by atoms with Gasteiger partial charge in [-0.05, 0) is 24.6 Å². The first-order valence-corrected chi connectivity index (χ1v) is 4.48. The van der Waals surface area contributed by atoms with Gasteiger partial charge >= 0.3 is 0 Å². The fourth-order valence-corrected chi connectivity index (χ4v) is 1.08. The standard InChI is InChI=1S/C8H9ClN2O.C2H3N/c1-4-6(9)3-2-5(7(4)10)8(11)12;1-2-3/h2-3H,10H2,1H3,(H2,11,12);1H3. The summed E-state index contributed by atoms with van der Waals surface area (Å²) in [7, 11) is 0. The number of nitrogen functional groups attached to an aromatic ring is 1. The smallest absolute Gasteiger partial charge is 0.250 e. The highest BCUT2D eigenvalue weighted by Crippen LogP contribution is 2.24. The van der Waals surface area contributed by atoms with Gasteiger partial charge in [0.25, 0.3) is 5.91 Å². The number of benzene rings is 1. The third-order valence-corrected chi connectivity index (χ3v) is 2.12. The van der Waals surface area contributed by atoms with Crippen LogP contribution in [0.2, 0.25) is 5.02 Å². The van der Waals surface area contributed by atoms with Gasteiger partial charge in [0.1, 0.15) is 0 Å². The van der Waals surface area contributed by atoms with E-state index in [1.807, 2.05) is 0 Å². The van der Waals surface area contributed by atoms with E-state index < -0.39 is 5.91 Å². The average molecular weight is 226 g/mol. The van der Waals surface area contributed by atoms with Crippen molar-refractivity contribution in [2.45, 2.75) is 13.8 Å². The van der Waals surface area contributed by atoms with Crippen molar-refractivity contribution in [2.75, 3.05) is 5.73 Å². The van der Waals surface area contributed by atoms with E-state index >= 15 is 0 Å². The van der Waals surface area contributed by atoms with Crippen molar-refractivity contribution in [3.05, 3.63) is 28.3 Å². The summed E-state index contributed by atoms with van der Waals surface area (Å²) in [5.41, 5.74) is 12.0. The summed E-state index contributed by atoms with van der Waals surface area (Å²) < 4.78 is 0. The molecule has 0 aliphatic carbocycles. The Morgan fingerprint density at radius 3 is 2.40 bits per heavy atom. The molecule has 0 unspecified atom stereocenters. The van der Waals surface area contributed by atoms with Gasteiger partial charge in [0.15, 0.2) is 0 Å².